The van der Waals surface area contributed by atoms with Gasteiger partial charge in [0.25, 0.3) is 11.8 Å². The van der Waals surface area contributed by atoms with Crippen molar-refractivity contribution in [1.82, 2.24) is 15.2 Å². The van der Waals surface area contributed by atoms with Crippen LogP contribution in [0.15, 0.2) is 48.7 Å². The van der Waals surface area contributed by atoms with Crippen LogP contribution in [0.5, 0.6) is 0 Å². The van der Waals surface area contributed by atoms with Gasteiger partial charge in [-0.25, -0.2) is 0 Å². The number of rotatable bonds is 6. The lowest BCUT2D eigenvalue weighted by molar-refractivity contribution is 0.0425. The summed E-state index contributed by atoms with van der Waals surface area (Å²) in [5, 5.41) is 5.81. The summed E-state index contributed by atoms with van der Waals surface area (Å²) in [7, 11) is 0. The van der Waals surface area contributed by atoms with Gasteiger partial charge in [0.05, 0.1) is 5.56 Å². The van der Waals surface area contributed by atoms with E-state index in [4.69, 9.17) is 0 Å². The van der Waals surface area contributed by atoms with E-state index in [9.17, 15) is 9.59 Å². The number of hydrogen-bond donors (Lipinski definition) is 2. The Morgan fingerprint density at radius 2 is 1.79 bits per heavy atom. The molecule has 6 heteroatoms. The molecule has 1 unspecified atom stereocenters. The van der Waals surface area contributed by atoms with E-state index in [1.807, 2.05) is 30.3 Å². The van der Waals surface area contributed by atoms with Crippen molar-refractivity contribution in [2.45, 2.75) is 44.2 Å². The molecular formula is C22H26N4O2. The molecule has 2 aromatic rings. The molecule has 6 nitrogen and oxygen atoms in total. The SMILES string of the molecule is O=C(NCC1CCN1C1CCCC1)c1ccc(C(=O)Nc2ccccc2)nc1. The van der Waals surface area contributed by atoms with Crippen LogP contribution in [0.4, 0.5) is 5.69 Å². The fourth-order valence-electron chi connectivity index (χ4n) is 4.09. The maximum absolute atomic E-state index is 12.4. The second kappa shape index (κ2) is 8.52. The first kappa shape index (κ1) is 18.6. The highest BCUT2D eigenvalue weighted by molar-refractivity contribution is 6.03. The summed E-state index contributed by atoms with van der Waals surface area (Å²) in [5.41, 5.74) is 1.47. The lowest BCUT2D eigenvalue weighted by atomic mass is 9.98. The second-order valence-corrected chi connectivity index (χ2v) is 7.58. The molecule has 1 saturated heterocycles. The van der Waals surface area contributed by atoms with Crippen molar-refractivity contribution in [2.75, 3.05) is 18.4 Å². The molecule has 0 spiro atoms. The van der Waals surface area contributed by atoms with Gasteiger partial charge in [-0.1, -0.05) is 31.0 Å². The van der Waals surface area contributed by atoms with Gasteiger partial charge in [0.1, 0.15) is 5.69 Å². The molecule has 2 amide bonds. The van der Waals surface area contributed by atoms with Gasteiger partial charge in [-0.15, -0.1) is 0 Å². The Bertz CT molecular complexity index is 816. The Balaban J connectivity index is 1.28. The third-order valence-electron chi connectivity index (χ3n) is 5.77. The molecule has 4 rings (SSSR count). The van der Waals surface area contributed by atoms with Gasteiger partial charge in [-0.3, -0.25) is 19.5 Å². The zero-order valence-corrected chi connectivity index (χ0v) is 15.9. The number of nitrogens with one attached hydrogen (secondary N) is 2. The minimum atomic E-state index is -0.292. The number of anilines is 1. The predicted octanol–water partition coefficient (Wildman–Crippen LogP) is 3.08. The largest absolute Gasteiger partial charge is 0.350 e. The van der Waals surface area contributed by atoms with E-state index in [1.165, 1.54) is 31.9 Å². The van der Waals surface area contributed by atoms with Crippen LogP contribution in [0.25, 0.3) is 0 Å². The maximum atomic E-state index is 12.4. The first-order chi connectivity index (χ1) is 13.7. The molecule has 2 fully saturated rings. The number of likely N-dealkylation sites (tertiary alicyclic amines) is 1. The number of pyridine rings is 1. The minimum absolute atomic E-state index is 0.138. The third kappa shape index (κ3) is 4.22. The second-order valence-electron chi connectivity index (χ2n) is 7.58. The van der Waals surface area contributed by atoms with Crippen molar-refractivity contribution in [2.24, 2.45) is 0 Å². The summed E-state index contributed by atoms with van der Waals surface area (Å²) in [6, 6.07) is 13.6. The van der Waals surface area contributed by atoms with Gasteiger partial charge in [-0.2, -0.15) is 0 Å². The fraction of sp³-hybridized carbons (Fsp3) is 0.409. The van der Waals surface area contributed by atoms with Crippen molar-refractivity contribution >= 4 is 17.5 Å². The number of benzene rings is 1. The summed E-state index contributed by atoms with van der Waals surface area (Å²) in [4.78, 5) is 31.4. The standard InChI is InChI=1S/C22H26N4O2/c27-21(24-15-19-12-13-26(19)18-8-4-5-9-18)16-10-11-20(23-14-16)22(28)25-17-6-2-1-3-7-17/h1-3,6-7,10-11,14,18-19H,4-5,8-9,12-13,15H2,(H,24,27)(H,25,28). The average molecular weight is 378 g/mol. The van der Waals surface area contributed by atoms with Crippen molar-refractivity contribution in [3.05, 3.63) is 59.9 Å². The van der Waals surface area contributed by atoms with E-state index in [1.54, 1.807) is 12.1 Å². The third-order valence-corrected chi connectivity index (χ3v) is 5.77. The van der Waals surface area contributed by atoms with Crippen LogP contribution in [0.3, 0.4) is 0 Å². The van der Waals surface area contributed by atoms with E-state index in [-0.39, 0.29) is 17.5 Å². The molecule has 1 atom stereocenters. The first-order valence-corrected chi connectivity index (χ1v) is 10.1. The molecule has 28 heavy (non-hydrogen) atoms. The average Bonchev–Trinajstić information content (AvgIpc) is 3.22. The first-order valence-electron chi connectivity index (χ1n) is 10.1. The highest BCUT2D eigenvalue weighted by Crippen LogP contribution is 2.30. The van der Waals surface area contributed by atoms with Crippen LogP contribution in [-0.4, -0.2) is 46.9 Å². The molecular weight excluding hydrogens is 352 g/mol. The van der Waals surface area contributed by atoms with Gasteiger partial charge in [-0.05, 0) is 43.5 Å². The Morgan fingerprint density at radius 1 is 1.00 bits per heavy atom. The van der Waals surface area contributed by atoms with E-state index < -0.39 is 0 Å². The van der Waals surface area contributed by atoms with Gasteiger partial charge in [0.15, 0.2) is 0 Å². The smallest absolute Gasteiger partial charge is 0.274 e. The molecule has 1 aromatic heterocycles. The predicted molar refractivity (Wildman–Crippen MR) is 108 cm³/mol. The number of nitrogens with zero attached hydrogens (tertiary/aromatic N) is 2. The quantitative estimate of drug-likeness (QED) is 0.810. The Labute approximate surface area is 165 Å². The summed E-state index contributed by atoms with van der Waals surface area (Å²) < 4.78 is 0. The van der Waals surface area contributed by atoms with Crippen molar-refractivity contribution in [3.8, 4) is 0 Å². The van der Waals surface area contributed by atoms with E-state index >= 15 is 0 Å². The zero-order chi connectivity index (χ0) is 19.3. The van der Waals surface area contributed by atoms with Gasteiger partial charge >= 0.3 is 0 Å². The van der Waals surface area contributed by atoms with Crippen LogP contribution in [0, 0.1) is 0 Å². The van der Waals surface area contributed by atoms with E-state index in [0.29, 0.717) is 29.9 Å². The molecule has 1 saturated carbocycles. The number of carbonyl (C=O) groups excluding carboxylic acids is 2. The normalized spacial score (nSPS) is 19.8. The lowest BCUT2D eigenvalue weighted by Gasteiger charge is -2.45. The summed E-state index contributed by atoms with van der Waals surface area (Å²) >= 11 is 0. The van der Waals surface area contributed by atoms with Crippen LogP contribution in [0.2, 0.25) is 0 Å². The molecule has 2 N–H and O–H groups in total. The highest BCUT2D eigenvalue weighted by Gasteiger charge is 2.35. The Morgan fingerprint density at radius 3 is 2.43 bits per heavy atom. The maximum Gasteiger partial charge on any atom is 0.274 e. The van der Waals surface area contributed by atoms with Crippen LogP contribution < -0.4 is 10.6 Å². The molecule has 2 heterocycles. The van der Waals surface area contributed by atoms with Crippen molar-refractivity contribution in [3.63, 3.8) is 0 Å². The monoisotopic (exact) mass is 378 g/mol. The highest BCUT2D eigenvalue weighted by atomic mass is 16.2. The number of aromatic nitrogens is 1. The summed E-state index contributed by atoms with van der Waals surface area (Å²) in [6.07, 6.45) is 7.85. The van der Waals surface area contributed by atoms with Gasteiger partial charge in [0.2, 0.25) is 0 Å². The van der Waals surface area contributed by atoms with Crippen LogP contribution in [-0.2, 0) is 0 Å². The summed E-state index contributed by atoms with van der Waals surface area (Å²) in [5.74, 6) is -0.430. The zero-order valence-electron chi connectivity index (χ0n) is 15.9. The summed E-state index contributed by atoms with van der Waals surface area (Å²) in [6.45, 7) is 1.82. The number of para-hydroxylation sites is 1. The lowest BCUT2D eigenvalue weighted by Crippen LogP contribution is -2.56. The van der Waals surface area contributed by atoms with Crippen molar-refractivity contribution in [1.29, 1.82) is 0 Å². The minimum Gasteiger partial charge on any atom is -0.350 e. The fourth-order valence-corrected chi connectivity index (χ4v) is 4.09. The van der Waals surface area contributed by atoms with Crippen LogP contribution in [0.1, 0.15) is 53.0 Å². The molecule has 146 valence electrons. The van der Waals surface area contributed by atoms with Crippen LogP contribution >= 0.6 is 0 Å². The topological polar surface area (TPSA) is 74.3 Å². The molecule has 0 bridgehead atoms. The number of carbonyl (C=O) groups is 2. The molecule has 1 aliphatic heterocycles. The Kier molecular flexibility index (Phi) is 5.67. The molecule has 1 aromatic carbocycles. The molecule has 2 aliphatic rings. The number of amides is 2. The van der Waals surface area contributed by atoms with Gasteiger partial charge < -0.3 is 10.6 Å². The van der Waals surface area contributed by atoms with E-state index in [0.717, 1.165) is 13.0 Å². The number of hydrogen-bond acceptors (Lipinski definition) is 4. The molecule has 1 aliphatic carbocycles. The van der Waals surface area contributed by atoms with Crippen molar-refractivity contribution < 1.29 is 9.59 Å². The van der Waals surface area contributed by atoms with E-state index in [2.05, 4.69) is 20.5 Å². The molecule has 0 radical (unpaired) electrons. The van der Waals surface area contributed by atoms with Gasteiger partial charge in [0, 0.05) is 37.1 Å². The Hall–Kier alpha value is -2.73.